The third kappa shape index (κ3) is 33.1. The van der Waals surface area contributed by atoms with Crippen molar-refractivity contribution in [3.8, 4) is 0 Å². The number of carbonyl (C=O) groups excluding carboxylic acids is 1. The molecule has 0 bridgehead atoms. The van der Waals surface area contributed by atoms with Crippen molar-refractivity contribution in [3.05, 3.63) is 0 Å². The minimum Gasteiger partial charge on any atom is -0.463 e. The molecule has 6 nitrogen and oxygen atoms in total. The van der Waals surface area contributed by atoms with Gasteiger partial charge in [0, 0.05) is 0 Å². The van der Waals surface area contributed by atoms with Crippen LogP contribution in [0.25, 0.3) is 0 Å². The smallest absolute Gasteiger partial charge is 0.398 e. The fraction of sp³-hybridized carbons (Fsp3) is 0.974. The fourth-order valence-corrected chi connectivity index (χ4v) is 6.72. The van der Waals surface area contributed by atoms with Gasteiger partial charge in [-0.05, 0) is 25.2 Å². The molecule has 0 aromatic carbocycles. The Morgan fingerprint density at radius 1 is 0.489 bits per heavy atom. The van der Waals surface area contributed by atoms with E-state index < -0.39 is 22.5 Å². The summed E-state index contributed by atoms with van der Waals surface area (Å²) in [5.41, 5.74) is 0. The number of rotatable bonds is 36. The zero-order valence-electron chi connectivity index (χ0n) is 30.2. The first-order chi connectivity index (χ1) is 21.8. The van der Waals surface area contributed by atoms with Crippen molar-refractivity contribution in [3.63, 3.8) is 0 Å². The molecule has 0 aromatic heterocycles. The number of carbonyl (C=O) groups is 1. The summed E-state index contributed by atoms with van der Waals surface area (Å²) in [6.07, 6.45) is 37.0. The average Bonchev–Trinajstić information content (AvgIpc) is 3.01. The minimum atomic E-state index is -4.71. The van der Waals surface area contributed by atoms with Gasteiger partial charge in [0.05, 0.1) is 6.61 Å². The van der Waals surface area contributed by atoms with Crippen LogP contribution in [0.3, 0.4) is 0 Å². The Balaban J connectivity index is 4.35. The molecule has 270 valence electrons. The Morgan fingerprint density at radius 3 is 1.11 bits per heavy atom. The molecule has 45 heavy (non-hydrogen) atoms. The van der Waals surface area contributed by atoms with Crippen molar-refractivity contribution in [1.29, 1.82) is 0 Å². The highest BCUT2D eigenvalue weighted by Crippen LogP contribution is 2.22. The molecule has 0 amide bonds. The van der Waals surface area contributed by atoms with Crippen LogP contribution in [0.2, 0.25) is 0 Å². The topological polar surface area (TPSA) is 89.9 Å². The van der Waals surface area contributed by atoms with E-state index in [1.54, 1.807) is 0 Å². The van der Waals surface area contributed by atoms with Crippen LogP contribution in [0.5, 0.6) is 0 Å². The maximum Gasteiger partial charge on any atom is 0.398 e. The molecule has 2 atom stereocenters. The van der Waals surface area contributed by atoms with Crippen LogP contribution in [0.4, 0.5) is 0 Å². The number of ether oxygens (including phenoxy) is 1. The zero-order valence-corrected chi connectivity index (χ0v) is 31.0. The van der Waals surface area contributed by atoms with Crippen LogP contribution < -0.4 is 0 Å². The maximum absolute atomic E-state index is 12.7. The summed E-state index contributed by atoms with van der Waals surface area (Å²) in [4.78, 5) is 12.7. The van der Waals surface area contributed by atoms with E-state index in [0.717, 1.165) is 32.1 Å². The SMILES string of the molecule is CCCCCCCCCCCCCCCCC(CCCCCCCCCCCCCC)COC(=O)C(CCCC)OS(=O)(=O)O. The largest absolute Gasteiger partial charge is 0.463 e. The second-order valence-electron chi connectivity index (χ2n) is 13.7. The maximum atomic E-state index is 12.7. The lowest BCUT2D eigenvalue weighted by atomic mass is 9.94. The van der Waals surface area contributed by atoms with Crippen molar-refractivity contribution < 1.29 is 26.7 Å². The van der Waals surface area contributed by atoms with Gasteiger partial charge in [0.1, 0.15) is 0 Å². The van der Waals surface area contributed by atoms with Gasteiger partial charge in [-0.15, -0.1) is 0 Å². The monoisotopic (exact) mass is 661 g/mol. The molecule has 0 aliphatic heterocycles. The van der Waals surface area contributed by atoms with E-state index in [-0.39, 0.29) is 12.3 Å². The molecular weight excluding hydrogens is 584 g/mol. The third-order valence-electron chi connectivity index (χ3n) is 9.21. The van der Waals surface area contributed by atoms with Crippen molar-refractivity contribution >= 4 is 16.4 Å². The average molecular weight is 661 g/mol. The molecule has 1 N–H and O–H groups in total. The molecular formula is C38H76O6S. The van der Waals surface area contributed by atoms with Gasteiger partial charge >= 0.3 is 16.4 Å². The van der Waals surface area contributed by atoms with Crippen LogP contribution in [0.15, 0.2) is 0 Å². The lowest BCUT2D eigenvalue weighted by Crippen LogP contribution is -2.30. The number of hydrogen-bond donors (Lipinski definition) is 1. The quantitative estimate of drug-likeness (QED) is 0.0408. The van der Waals surface area contributed by atoms with Gasteiger partial charge in [0.15, 0.2) is 6.10 Å². The molecule has 0 rings (SSSR count). The van der Waals surface area contributed by atoms with Crippen molar-refractivity contribution in [2.24, 2.45) is 5.92 Å². The van der Waals surface area contributed by atoms with Gasteiger partial charge in [-0.3, -0.25) is 4.55 Å². The summed E-state index contributed by atoms with van der Waals surface area (Å²) in [6, 6.07) is 0. The highest BCUT2D eigenvalue weighted by molar-refractivity contribution is 7.80. The predicted molar refractivity (Wildman–Crippen MR) is 191 cm³/mol. The summed E-state index contributed by atoms with van der Waals surface area (Å²) in [5, 5.41) is 0. The van der Waals surface area contributed by atoms with E-state index in [9.17, 15) is 13.2 Å². The van der Waals surface area contributed by atoms with Crippen molar-refractivity contribution in [2.75, 3.05) is 6.61 Å². The second-order valence-corrected chi connectivity index (χ2v) is 14.8. The molecule has 0 fully saturated rings. The molecule has 2 unspecified atom stereocenters. The molecule has 0 aromatic rings. The predicted octanol–water partition coefficient (Wildman–Crippen LogP) is 12.5. The second kappa shape index (κ2) is 33.2. The van der Waals surface area contributed by atoms with Crippen LogP contribution >= 0.6 is 0 Å². The minimum absolute atomic E-state index is 0.220. The molecule has 0 aliphatic rings. The summed E-state index contributed by atoms with van der Waals surface area (Å²) in [5.74, 6) is -0.395. The van der Waals surface area contributed by atoms with Crippen molar-refractivity contribution in [2.45, 2.75) is 226 Å². The van der Waals surface area contributed by atoms with Crippen molar-refractivity contribution in [1.82, 2.24) is 0 Å². The van der Waals surface area contributed by atoms with Gasteiger partial charge < -0.3 is 4.74 Å². The zero-order chi connectivity index (χ0) is 33.3. The van der Waals surface area contributed by atoms with E-state index in [4.69, 9.17) is 9.29 Å². The highest BCUT2D eigenvalue weighted by Gasteiger charge is 2.27. The first kappa shape index (κ1) is 44.3. The third-order valence-corrected chi connectivity index (χ3v) is 9.69. The molecule has 7 heteroatoms. The Bertz CT molecular complexity index is 726. The Hall–Kier alpha value is -0.660. The highest BCUT2D eigenvalue weighted by atomic mass is 32.3. The Kier molecular flexibility index (Phi) is 32.8. The first-order valence-corrected chi connectivity index (χ1v) is 21.0. The molecule has 0 spiro atoms. The van der Waals surface area contributed by atoms with Gasteiger partial charge in [0.25, 0.3) is 0 Å². The lowest BCUT2D eigenvalue weighted by Gasteiger charge is -2.20. The van der Waals surface area contributed by atoms with E-state index in [0.29, 0.717) is 13.0 Å². The van der Waals surface area contributed by atoms with E-state index in [1.165, 1.54) is 154 Å². The van der Waals surface area contributed by atoms with Crippen LogP contribution in [0, 0.1) is 5.92 Å². The van der Waals surface area contributed by atoms with Crippen LogP contribution in [0.1, 0.15) is 220 Å². The lowest BCUT2D eigenvalue weighted by molar-refractivity contribution is -0.154. The number of unbranched alkanes of at least 4 members (excludes halogenated alkanes) is 25. The summed E-state index contributed by atoms with van der Waals surface area (Å²) >= 11 is 0. The Morgan fingerprint density at radius 2 is 0.800 bits per heavy atom. The standard InChI is InChI=1S/C38H76O6S/c1-4-7-10-12-14-16-18-20-21-23-25-27-29-31-33-36(32-30-28-26-24-22-19-17-15-13-11-8-5-2)35-43-38(39)37(34-9-6-3)44-45(40,41)42/h36-37H,4-35H2,1-3H3,(H,40,41,42). The Labute approximate surface area is 280 Å². The van der Waals surface area contributed by atoms with E-state index >= 15 is 0 Å². The van der Waals surface area contributed by atoms with Gasteiger partial charge in [0.2, 0.25) is 0 Å². The van der Waals surface area contributed by atoms with Gasteiger partial charge in [-0.2, -0.15) is 8.42 Å². The fourth-order valence-electron chi connectivity index (χ4n) is 6.25. The van der Waals surface area contributed by atoms with Gasteiger partial charge in [-0.1, -0.05) is 201 Å². The molecule has 0 aliphatic carbocycles. The normalized spacial score (nSPS) is 13.2. The van der Waals surface area contributed by atoms with Crippen LogP contribution in [-0.2, 0) is 24.1 Å². The van der Waals surface area contributed by atoms with Gasteiger partial charge in [-0.25, -0.2) is 8.98 Å². The molecule has 0 saturated carbocycles. The summed E-state index contributed by atoms with van der Waals surface area (Å²) < 4.78 is 41.9. The van der Waals surface area contributed by atoms with Crippen LogP contribution in [-0.4, -0.2) is 31.7 Å². The first-order valence-electron chi connectivity index (χ1n) is 19.7. The number of hydrogen-bond acceptors (Lipinski definition) is 5. The number of esters is 1. The summed E-state index contributed by atoms with van der Waals surface area (Å²) in [6.45, 7) is 6.79. The molecule has 0 heterocycles. The summed E-state index contributed by atoms with van der Waals surface area (Å²) in [7, 11) is -4.71. The molecule has 0 saturated heterocycles. The van der Waals surface area contributed by atoms with E-state index in [1.807, 2.05) is 6.92 Å². The molecule has 0 radical (unpaired) electrons. The van der Waals surface area contributed by atoms with E-state index in [2.05, 4.69) is 18.0 Å².